The summed E-state index contributed by atoms with van der Waals surface area (Å²) in [7, 11) is 2.05. The van der Waals surface area contributed by atoms with Crippen molar-refractivity contribution in [1.29, 1.82) is 0 Å². The average Bonchev–Trinajstić information content (AvgIpc) is 2.94. The fraction of sp³-hybridized carbons (Fsp3) is 0.462. The molecule has 0 saturated carbocycles. The second-order valence-electron chi connectivity index (χ2n) is 4.29. The molecule has 0 fully saturated rings. The van der Waals surface area contributed by atoms with E-state index in [1.165, 1.54) is 8.45 Å². The molecule has 0 bridgehead atoms. The van der Waals surface area contributed by atoms with Crippen molar-refractivity contribution in [1.82, 2.24) is 14.9 Å². The lowest BCUT2D eigenvalue weighted by molar-refractivity contribution is 0.507. The summed E-state index contributed by atoms with van der Waals surface area (Å²) < 4.78 is 3.45. The van der Waals surface area contributed by atoms with Crippen molar-refractivity contribution >= 4 is 33.9 Å². The molecule has 98 valence electrons. The minimum absolute atomic E-state index is 0.437. The van der Waals surface area contributed by atoms with E-state index >= 15 is 0 Å². The number of rotatable bonds is 6. The lowest BCUT2D eigenvalue weighted by atomic mass is 10.1. The number of nitrogens with one attached hydrogen (secondary N) is 1. The van der Waals surface area contributed by atoms with Crippen LogP contribution in [0.3, 0.4) is 0 Å². The molecular weight excluding hydrogens is 357 g/mol. The quantitative estimate of drug-likeness (QED) is 0.785. The van der Waals surface area contributed by atoms with Crippen molar-refractivity contribution in [2.45, 2.75) is 25.8 Å². The Labute approximate surface area is 126 Å². The number of hydrogen-bond acceptors (Lipinski definition) is 3. The van der Waals surface area contributed by atoms with Gasteiger partial charge in [0.05, 0.1) is 2.88 Å². The molecule has 0 radical (unpaired) electrons. The highest BCUT2D eigenvalue weighted by atomic mass is 127. The van der Waals surface area contributed by atoms with Gasteiger partial charge >= 0.3 is 0 Å². The Kier molecular flexibility index (Phi) is 5.20. The van der Waals surface area contributed by atoms with Gasteiger partial charge in [0.15, 0.2) is 0 Å². The van der Waals surface area contributed by atoms with E-state index in [1.54, 1.807) is 0 Å². The van der Waals surface area contributed by atoms with Crippen LogP contribution < -0.4 is 5.32 Å². The topological polar surface area (TPSA) is 29.9 Å². The van der Waals surface area contributed by atoms with Gasteiger partial charge in [-0.2, -0.15) is 0 Å². The summed E-state index contributed by atoms with van der Waals surface area (Å²) in [6.07, 6.45) is 5.97. The van der Waals surface area contributed by atoms with Gasteiger partial charge in [0.2, 0.25) is 0 Å². The molecule has 2 aromatic rings. The van der Waals surface area contributed by atoms with Gasteiger partial charge in [-0.15, -0.1) is 11.3 Å². The zero-order valence-electron chi connectivity index (χ0n) is 10.7. The van der Waals surface area contributed by atoms with E-state index in [1.807, 2.05) is 23.7 Å². The van der Waals surface area contributed by atoms with Crippen molar-refractivity contribution in [3.63, 3.8) is 0 Å². The molecule has 1 atom stereocenters. The Morgan fingerprint density at radius 1 is 1.56 bits per heavy atom. The molecule has 2 heterocycles. The van der Waals surface area contributed by atoms with Crippen LogP contribution in [0.4, 0.5) is 0 Å². The number of aromatic nitrogens is 2. The van der Waals surface area contributed by atoms with Crippen LogP contribution in [0.15, 0.2) is 23.8 Å². The summed E-state index contributed by atoms with van der Waals surface area (Å²) in [4.78, 5) is 4.38. The van der Waals surface area contributed by atoms with Crippen molar-refractivity contribution in [3.8, 4) is 0 Å². The van der Waals surface area contributed by atoms with Crippen LogP contribution in [0.1, 0.15) is 30.8 Å². The second-order valence-corrected chi connectivity index (χ2v) is 7.09. The number of hydrogen-bond donors (Lipinski definition) is 1. The van der Waals surface area contributed by atoms with Gasteiger partial charge in [0.25, 0.3) is 0 Å². The van der Waals surface area contributed by atoms with Gasteiger partial charge in [-0.05, 0) is 52.6 Å². The standard InChI is InChI=1S/C13H18IN3S/c1-3-15-11(10-8-12(14)18-9-10)4-5-13-16-6-7-17(13)2/h6-9,11,15H,3-5H2,1-2H3. The molecule has 3 nitrogen and oxygen atoms in total. The maximum Gasteiger partial charge on any atom is 0.108 e. The smallest absolute Gasteiger partial charge is 0.108 e. The first-order chi connectivity index (χ1) is 8.70. The second kappa shape index (κ2) is 6.68. The molecule has 0 amide bonds. The highest BCUT2D eigenvalue weighted by Crippen LogP contribution is 2.25. The van der Waals surface area contributed by atoms with Gasteiger partial charge in [0.1, 0.15) is 5.82 Å². The number of halogens is 1. The summed E-state index contributed by atoms with van der Waals surface area (Å²) in [5, 5.41) is 5.82. The first-order valence-electron chi connectivity index (χ1n) is 6.14. The minimum Gasteiger partial charge on any atom is -0.338 e. The fourth-order valence-corrected chi connectivity index (χ4v) is 3.48. The molecule has 0 aliphatic carbocycles. The van der Waals surface area contributed by atoms with Crippen LogP contribution in [0.5, 0.6) is 0 Å². The van der Waals surface area contributed by atoms with Gasteiger partial charge in [-0.1, -0.05) is 6.92 Å². The van der Waals surface area contributed by atoms with Crippen molar-refractivity contribution < 1.29 is 0 Å². The molecule has 0 aromatic carbocycles. The zero-order valence-corrected chi connectivity index (χ0v) is 13.7. The molecule has 0 saturated heterocycles. The highest BCUT2D eigenvalue weighted by Gasteiger charge is 2.13. The molecule has 1 N–H and O–H groups in total. The largest absolute Gasteiger partial charge is 0.338 e. The van der Waals surface area contributed by atoms with Crippen molar-refractivity contribution in [2.24, 2.45) is 7.05 Å². The molecule has 2 aromatic heterocycles. The van der Waals surface area contributed by atoms with E-state index in [2.05, 4.69) is 62.9 Å². The summed E-state index contributed by atoms with van der Waals surface area (Å²) in [5.41, 5.74) is 1.40. The molecule has 18 heavy (non-hydrogen) atoms. The highest BCUT2D eigenvalue weighted by molar-refractivity contribution is 14.1. The van der Waals surface area contributed by atoms with Gasteiger partial charge in [-0.25, -0.2) is 4.98 Å². The predicted molar refractivity (Wildman–Crippen MR) is 85.0 cm³/mol. The first-order valence-corrected chi connectivity index (χ1v) is 8.10. The van der Waals surface area contributed by atoms with Crippen LogP contribution in [-0.2, 0) is 13.5 Å². The number of thiophene rings is 1. The molecule has 2 rings (SSSR count). The van der Waals surface area contributed by atoms with Crippen molar-refractivity contribution in [3.05, 3.63) is 38.1 Å². The van der Waals surface area contributed by atoms with Gasteiger partial charge < -0.3 is 9.88 Å². The number of imidazole rings is 1. The maximum atomic E-state index is 4.38. The Morgan fingerprint density at radius 3 is 2.94 bits per heavy atom. The summed E-state index contributed by atoms with van der Waals surface area (Å²) >= 11 is 4.19. The average molecular weight is 375 g/mol. The monoisotopic (exact) mass is 375 g/mol. The minimum atomic E-state index is 0.437. The van der Waals surface area contributed by atoms with Crippen LogP contribution in [-0.4, -0.2) is 16.1 Å². The Bertz CT molecular complexity index is 492. The lowest BCUT2D eigenvalue weighted by Crippen LogP contribution is -2.21. The summed E-state index contributed by atoms with van der Waals surface area (Å²) in [5.74, 6) is 1.16. The number of nitrogens with zero attached hydrogens (tertiary/aromatic N) is 2. The molecule has 1 unspecified atom stereocenters. The normalized spacial score (nSPS) is 12.8. The van der Waals surface area contributed by atoms with Gasteiger partial charge in [0, 0.05) is 31.9 Å². The molecule has 5 heteroatoms. The number of aryl methyl sites for hydroxylation is 2. The predicted octanol–water partition coefficient (Wildman–Crippen LogP) is 3.37. The third-order valence-electron chi connectivity index (χ3n) is 3.02. The van der Waals surface area contributed by atoms with Crippen LogP contribution >= 0.6 is 33.9 Å². The van der Waals surface area contributed by atoms with Crippen LogP contribution in [0.2, 0.25) is 0 Å². The van der Waals surface area contributed by atoms with E-state index in [-0.39, 0.29) is 0 Å². The molecule has 0 spiro atoms. The zero-order chi connectivity index (χ0) is 13.0. The maximum absolute atomic E-state index is 4.38. The van der Waals surface area contributed by atoms with E-state index in [4.69, 9.17) is 0 Å². The van der Waals surface area contributed by atoms with E-state index in [0.29, 0.717) is 6.04 Å². The SMILES string of the molecule is CCNC(CCc1nccn1C)c1csc(I)c1. The Balaban J connectivity index is 2.01. The van der Waals surface area contributed by atoms with Gasteiger partial charge in [-0.3, -0.25) is 0 Å². The van der Waals surface area contributed by atoms with E-state index in [0.717, 1.165) is 25.2 Å². The lowest BCUT2D eigenvalue weighted by Gasteiger charge is -2.16. The molecular formula is C13H18IN3S. The Morgan fingerprint density at radius 2 is 2.39 bits per heavy atom. The molecule has 0 aliphatic rings. The summed E-state index contributed by atoms with van der Waals surface area (Å²) in [6.45, 7) is 3.16. The van der Waals surface area contributed by atoms with Crippen LogP contribution in [0, 0.1) is 2.88 Å². The van der Waals surface area contributed by atoms with E-state index < -0.39 is 0 Å². The third kappa shape index (κ3) is 3.55. The van der Waals surface area contributed by atoms with Crippen LogP contribution in [0.25, 0.3) is 0 Å². The first kappa shape index (κ1) is 14.0. The fourth-order valence-electron chi connectivity index (χ4n) is 2.05. The Hall–Kier alpha value is -0.400. The summed E-state index contributed by atoms with van der Waals surface area (Å²) in [6, 6.07) is 2.71. The third-order valence-corrected chi connectivity index (χ3v) is 4.83. The van der Waals surface area contributed by atoms with E-state index in [9.17, 15) is 0 Å². The molecule has 0 aliphatic heterocycles. The van der Waals surface area contributed by atoms with Crippen molar-refractivity contribution in [2.75, 3.05) is 6.54 Å².